The summed E-state index contributed by atoms with van der Waals surface area (Å²) in [6, 6.07) is 5.01. The van der Waals surface area contributed by atoms with Gasteiger partial charge >= 0.3 is 0 Å². The normalized spacial score (nSPS) is 15.8. The first kappa shape index (κ1) is 9.00. The van der Waals surface area contributed by atoms with Crippen molar-refractivity contribution < 1.29 is 4.39 Å². The summed E-state index contributed by atoms with van der Waals surface area (Å²) >= 11 is 3.32. The zero-order valence-corrected chi connectivity index (χ0v) is 8.77. The molecule has 0 radical (unpaired) electrons. The Morgan fingerprint density at radius 2 is 2.23 bits per heavy atom. The Hall–Kier alpha value is -0.570. The Bertz CT molecular complexity index is 290. The molecule has 1 aromatic rings. The van der Waals surface area contributed by atoms with E-state index in [1.165, 1.54) is 18.9 Å². The van der Waals surface area contributed by atoms with Crippen LogP contribution in [0.2, 0.25) is 0 Å². The average Bonchev–Trinajstić information content (AvgIpc) is 2.87. The van der Waals surface area contributed by atoms with Gasteiger partial charge in [0.05, 0.1) is 5.69 Å². The van der Waals surface area contributed by atoms with Crippen LogP contribution in [0.1, 0.15) is 12.8 Å². The number of para-hydroxylation sites is 1. The smallest absolute Gasteiger partial charge is 0.147 e. The number of hydrogen-bond acceptors (Lipinski definition) is 1. The topological polar surface area (TPSA) is 12.0 Å². The van der Waals surface area contributed by atoms with Crippen molar-refractivity contribution in [3.63, 3.8) is 0 Å². The molecule has 0 aromatic heterocycles. The van der Waals surface area contributed by atoms with E-state index in [1.54, 1.807) is 6.07 Å². The van der Waals surface area contributed by atoms with Crippen LogP contribution in [0.5, 0.6) is 0 Å². The quantitative estimate of drug-likeness (QED) is 0.859. The molecule has 0 bridgehead atoms. The summed E-state index contributed by atoms with van der Waals surface area (Å²) in [5.41, 5.74) is 0.592. The van der Waals surface area contributed by atoms with E-state index in [0.29, 0.717) is 5.69 Å². The fraction of sp³-hybridized carbons (Fsp3) is 0.400. The number of halogens is 2. The number of nitrogens with one attached hydrogen (secondary N) is 1. The molecule has 1 fully saturated rings. The standard InChI is InChI=1S/C10H11BrFN/c11-8-2-1-3-9(12)10(8)13-6-7-4-5-7/h1-3,7,13H,4-6H2. The molecule has 1 saturated carbocycles. The molecular weight excluding hydrogens is 233 g/mol. The van der Waals surface area contributed by atoms with Gasteiger partial charge in [0.2, 0.25) is 0 Å². The van der Waals surface area contributed by atoms with Crippen LogP contribution in [0.3, 0.4) is 0 Å². The van der Waals surface area contributed by atoms with Gasteiger partial charge in [-0.3, -0.25) is 0 Å². The Labute approximate surface area is 85.5 Å². The minimum atomic E-state index is -0.185. The van der Waals surface area contributed by atoms with E-state index in [-0.39, 0.29) is 5.82 Å². The highest BCUT2D eigenvalue weighted by Gasteiger charge is 2.21. The second-order valence-electron chi connectivity index (χ2n) is 3.42. The van der Waals surface area contributed by atoms with Crippen molar-refractivity contribution >= 4 is 21.6 Å². The van der Waals surface area contributed by atoms with Gasteiger partial charge in [-0.2, -0.15) is 0 Å². The maximum absolute atomic E-state index is 13.2. The Balaban J connectivity index is 2.07. The van der Waals surface area contributed by atoms with Gasteiger partial charge in [0, 0.05) is 11.0 Å². The van der Waals surface area contributed by atoms with E-state index in [2.05, 4.69) is 21.2 Å². The molecule has 0 atom stereocenters. The first-order valence-corrected chi connectivity index (χ1v) is 5.24. The van der Waals surface area contributed by atoms with Crippen LogP contribution in [0.15, 0.2) is 22.7 Å². The Morgan fingerprint density at radius 1 is 1.46 bits per heavy atom. The summed E-state index contributed by atoms with van der Waals surface area (Å²) in [6.45, 7) is 0.888. The van der Waals surface area contributed by atoms with Gasteiger partial charge in [0.15, 0.2) is 0 Å². The summed E-state index contributed by atoms with van der Waals surface area (Å²) in [5, 5.41) is 3.12. The van der Waals surface area contributed by atoms with Gasteiger partial charge in [0.1, 0.15) is 5.82 Å². The summed E-state index contributed by atoms with van der Waals surface area (Å²) in [6.07, 6.45) is 2.55. The lowest BCUT2D eigenvalue weighted by atomic mass is 10.3. The van der Waals surface area contributed by atoms with E-state index in [9.17, 15) is 4.39 Å². The highest BCUT2D eigenvalue weighted by Crippen LogP contribution is 2.31. The maximum atomic E-state index is 13.2. The fourth-order valence-corrected chi connectivity index (χ4v) is 1.72. The highest BCUT2D eigenvalue weighted by molar-refractivity contribution is 9.10. The number of anilines is 1. The van der Waals surface area contributed by atoms with Gasteiger partial charge in [-0.25, -0.2) is 4.39 Å². The molecule has 2 rings (SSSR count). The van der Waals surface area contributed by atoms with Crippen LogP contribution >= 0.6 is 15.9 Å². The predicted molar refractivity (Wildman–Crippen MR) is 55.3 cm³/mol. The van der Waals surface area contributed by atoms with Crippen molar-refractivity contribution in [3.8, 4) is 0 Å². The summed E-state index contributed by atoms with van der Waals surface area (Å²) < 4.78 is 14.0. The van der Waals surface area contributed by atoms with Gasteiger partial charge in [-0.1, -0.05) is 6.07 Å². The van der Waals surface area contributed by atoms with E-state index in [1.807, 2.05) is 6.07 Å². The lowest BCUT2D eigenvalue weighted by Gasteiger charge is -2.08. The molecule has 0 amide bonds. The SMILES string of the molecule is Fc1cccc(Br)c1NCC1CC1. The molecule has 1 N–H and O–H groups in total. The average molecular weight is 244 g/mol. The van der Waals surface area contributed by atoms with Gasteiger partial charge in [-0.15, -0.1) is 0 Å². The molecule has 0 spiro atoms. The zero-order chi connectivity index (χ0) is 9.26. The molecular formula is C10H11BrFN. The first-order chi connectivity index (χ1) is 6.27. The third-order valence-electron chi connectivity index (χ3n) is 2.23. The second-order valence-corrected chi connectivity index (χ2v) is 4.28. The molecule has 0 unspecified atom stereocenters. The van der Waals surface area contributed by atoms with Gasteiger partial charge in [0.25, 0.3) is 0 Å². The third kappa shape index (κ3) is 2.21. The molecule has 70 valence electrons. The van der Waals surface area contributed by atoms with Gasteiger partial charge < -0.3 is 5.32 Å². The minimum absolute atomic E-state index is 0.185. The Kier molecular flexibility index (Phi) is 2.54. The monoisotopic (exact) mass is 243 g/mol. The molecule has 1 aromatic carbocycles. The van der Waals surface area contributed by atoms with Gasteiger partial charge in [-0.05, 0) is 46.8 Å². The molecule has 3 heteroatoms. The van der Waals surface area contributed by atoms with Crippen molar-refractivity contribution in [2.75, 3.05) is 11.9 Å². The zero-order valence-electron chi connectivity index (χ0n) is 7.19. The van der Waals surface area contributed by atoms with Crippen LogP contribution in [0.25, 0.3) is 0 Å². The highest BCUT2D eigenvalue weighted by atomic mass is 79.9. The number of benzene rings is 1. The predicted octanol–water partition coefficient (Wildman–Crippen LogP) is 3.41. The lowest BCUT2D eigenvalue weighted by molar-refractivity contribution is 0.628. The first-order valence-electron chi connectivity index (χ1n) is 4.45. The van der Waals surface area contributed by atoms with Crippen molar-refractivity contribution in [2.45, 2.75) is 12.8 Å². The summed E-state index contributed by atoms with van der Waals surface area (Å²) in [7, 11) is 0. The van der Waals surface area contributed by atoms with Crippen molar-refractivity contribution in [2.24, 2.45) is 5.92 Å². The largest absolute Gasteiger partial charge is 0.381 e. The molecule has 1 aliphatic carbocycles. The van der Waals surface area contributed by atoms with Crippen LogP contribution in [-0.4, -0.2) is 6.54 Å². The van der Waals surface area contributed by atoms with Crippen molar-refractivity contribution in [3.05, 3.63) is 28.5 Å². The molecule has 0 heterocycles. The number of rotatable bonds is 3. The van der Waals surface area contributed by atoms with Crippen LogP contribution in [0, 0.1) is 11.7 Å². The lowest BCUT2D eigenvalue weighted by Crippen LogP contribution is -2.05. The van der Waals surface area contributed by atoms with E-state index < -0.39 is 0 Å². The van der Waals surface area contributed by atoms with Crippen LogP contribution in [-0.2, 0) is 0 Å². The molecule has 1 nitrogen and oxygen atoms in total. The third-order valence-corrected chi connectivity index (χ3v) is 2.89. The van der Waals surface area contributed by atoms with Crippen molar-refractivity contribution in [1.29, 1.82) is 0 Å². The molecule has 0 aliphatic heterocycles. The second kappa shape index (κ2) is 3.66. The summed E-state index contributed by atoms with van der Waals surface area (Å²) in [4.78, 5) is 0. The summed E-state index contributed by atoms with van der Waals surface area (Å²) in [5.74, 6) is 0.571. The van der Waals surface area contributed by atoms with E-state index in [4.69, 9.17) is 0 Å². The fourth-order valence-electron chi connectivity index (χ4n) is 1.24. The van der Waals surface area contributed by atoms with E-state index in [0.717, 1.165) is 16.9 Å². The number of hydrogen-bond donors (Lipinski definition) is 1. The van der Waals surface area contributed by atoms with E-state index >= 15 is 0 Å². The molecule has 13 heavy (non-hydrogen) atoms. The van der Waals surface area contributed by atoms with Crippen LogP contribution in [0.4, 0.5) is 10.1 Å². The van der Waals surface area contributed by atoms with Crippen molar-refractivity contribution in [1.82, 2.24) is 0 Å². The minimum Gasteiger partial charge on any atom is -0.381 e. The molecule has 1 aliphatic rings. The Morgan fingerprint density at radius 3 is 2.85 bits per heavy atom. The molecule has 0 saturated heterocycles. The maximum Gasteiger partial charge on any atom is 0.147 e. The van der Waals surface area contributed by atoms with Crippen LogP contribution < -0.4 is 5.32 Å².